The third kappa shape index (κ3) is 4.07. The van der Waals surface area contributed by atoms with Crippen LogP contribution in [0.25, 0.3) is 0 Å². The van der Waals surface area contributed by atoms with Gasteiger partial charge in [-0.25, -0.2) is 4.98 Å². The van der Waals surface area contributed by atoms with Crippen LogP contribution >= 0.6 is 11.3 Å². The van der Waals surface area contributed by atoms with Gasteiger partial charge in [-0.05, 0) is 81.4 Å². The molecule has 4 saturated carbocycles. The van der Waals surface area contributed by atoms with E-state index in [1.165, 1.54) is 0 Å². The number of ether oxygens (including phenoxy) is 1. The highest BCUT2D eigenvalue weighted by molar-refractivity contribution is 7.07. The molecular formula is C26H31N5O2S. The van der Waals surface area contributed by atoms with Gasteiger partial charge in [-0.15, -0.1) is 11.3 Å². The van der Waals surface area contributed by atoms with Gasteiger partial charge in [0.1, 0.15) is 18.2 Å². The average Bonchev–Trinajstić information content (AvgIpc) is 3.33. The zero-order chi connectivity index (χ0) is 23.9. The number of nitrogens with two attached hydrogens (primary N) is 1. The molecule has 2 aromatic rings. The van der Waals surface area contributed by atoms with Crippen LogP contribution < -0.4 is 15.8 Å². The first-order valence-corrected chi connectivity index (χ1v) is 12.9. The van der Waals surface area contributed by atoms with Gasteiger partial charge in [0.25, 0.3) is 0 Å². The standard InChI is InChI=1S/C26H31N5O2S/c1-25(2,19-4-3-5-21(8-19)33-12-20-13-34-15-30-20)24(29-14-27)31-22-17-6-16-7-18(22)11-26(9-16,10-17)23(28)32/h3-5,8,13,15-18,22H,6-7,9-12H2,1-2H3,(H2,28,32)(H,29,31). The Bertz CT molecular complexity index is 1120. The molecule has 1 aromatic heterocycles. The molecule has 2 unspecified atom stereocenters. The van der Waals surface area contributed by atoms with Crippen LogP contribution in [0.4, 0.5) is 0 Å². The van der Waals surface area contributed by atoms with Crippen molar-refractivity contribution in [3.05, 3.63) is 46.4 Å². The van der Waals surface area contributed by atoms with E-state index in [-0.39, 0.29) is 17.4 Å². The van der Waals surface area contributed by atoms with E-state index in [1.54, 1.807) is 16.8 Å². The van der Waals surface area contributed by atoms with E-state index in [0.29, 0.717) is 30.2 Å². The maximum Gasteiger partial charge on any atom is 0.223 e. The molecule has 0 spiro atoms. The highest BCUT2D eigenvalue weighted by atomic mass is 32.1. The molecule has 4 aliphatic carbocycles. The molecule has 4 aliphatic rings. The Morgan fingerprint density at radius 3 is 2.76 bits per heavy atom. The lowest BCUT2D eigenvalue weighted by Crippen LogP contribution is -2.57. The van der Waals surface area contributed by atoms with Gasteiger partial charge in [-0.2, -0.15) is 5.26 Å². The number of amides is 1. The second-order valence-corrected chi connectivity index (χ2v) is 11.5. The van der Waals surface area contributed by atoms with Gasteiger partial charge in [0.05, 0.1) is 17.2 Å². The Morgan fingerprint density at radius 1 is 1.35 bits per heavy atom. The van der Waals surface area contributed by atoms with Gasteiger partial charge in [-0.3, -0.25) is 15.1 Å². The van der Waals surface area contributed by atoms with Crippen molar-refractivity contribution in [2.45, 2.75) is 64.0 Å². The van der Waals surface area contributed by atoms with Crippen molar-refractivity contribution in [3.63, 3.8) is 0 Å². The topological polar surface area (TPSA) is 113 Å². The van der Waals surface area contributed by atoms with Crippen LogP contribution in [0.3, 0.4) is 0 Å². The summed E-state index contributed by atoms with van der Waals surface area (Å²) in [6, 6.07) is 8.07. The highest BCUT2D eigenvalue weighted by Gasteiger charge is 2.58. The molecule has 6 rings (SSSR count). The number of benzene rings is 1. The summed E-state index contributed by atoms with van der Waals surface area (Å²) in [6.07, 6.45) is 6.89. The molecular weight excluding hydrogens is 446 g/mol. The third-order valence-corrected chi connectivity index (χ3v) is 8.85. The number of carbonyl (C=O) groups is 1. The van der Waals surface area contributed by atoms with Gasteiger partial charge < -0.3 is 10.5 Å². The summed E-state index contributed by atoms with van der Waals surface area (Å²) >= 11 is 1.55. The summed E-state index contributed by atoms with van der Waals surface area (Å²) in [5.41, 5.74) is 8.70. The van der Waals surface area contributed by atoms with E-state index in [2.05, 4.69) is 30.3 Å². The Balaban J connectivity index is 1.40. The quantitative estimate of drug-likeness (QED) is 0.269. The molecule has 0 radical (unpaired) electrons. The number of aromatic nitrogens is 1. The van der Waals surface area contributed by atoms with Gasteiger partial charge >= 0.3 is 0 Å². The fourth-order valence-corrected chi connectivity index (χ4v) is 7.18. The second kappa shape index (κ2) is 8.70. The van der Waals surface area contributed by atoms with E-state index in [4.69, 9.17) is 15.5 Å². The smallest absolute Gasteiger partial charge is 0.223 e. The van der Waals surface area contributed by atoms with Crippen LogP contribution in [0.1, 0.15) is 57.2 Å². The number of amidine groups is 1. The number of hydrogen-bond donors (Lipinski definition) is 2. The lowest BCUT2D eigenvalue weighted by molar-refractivity contribution is -0.144. The van der Waals surface area contributed by atoms with E-state index in [0.717, 1.165) is 49.1 Å². The summed E-state index contributed by atoms with van der Waals surface area (Å²) in [4.78, 5) is 21.8. The number of nitrogens with zero attached hydrogens (tertiary/aromatic N) is 3. The highest BCUT2D eigenvalue weighted by Crippen LogP contribution is 2.60. The Labute approximate surface area is 204 Å². The Kier molecular flexibility index (Phi) is 5.85. The predicted molar refractivity (Wildman–Crippen MR) is 131 cm³/mol. The first kappa shape index (κ1) is 22.9. The minimum atomic E-state index is -0.522. The van der Waals surface area contributed by atoms with E-state index >= 15 is 0 Å². The minimum Gasteiger partial charge on any atom is -0.487 e. The van der Waals surface area contributed by atoms with Crippen molar-refractivity contribution in [3.8, 4) is 11.9 Å². The summed E-state index contributed by atoms with van der Waals surface area (Å²) in [7, 11) is 0. The molecule has 0 saturated heterocycles. The Morgan fingerprint density at radius 2 is 2.12 bits per heavy atom. The van der Waals surface area contributed by atoms with Crippen LogP contribution in [-0.2, 0) is 16.8 Å². The van der Waals surface area contributed by atoms with Crippen molar-refractivity contribution in [2.75, 3.05) is 0 Å². The molecule has 4 fully saturated rings. The Hall–Kier alpha value is -2.92. The fourth-order valence-electron chi connectivity index (χ4n) is 6.64. The zero-order valence-corrected chi connectivity index (χ0v) is 20.5. The summed E-state index contributed by atoms with van der Waals surface area (Å²) in [6.45, 7) is 4.58. The molecule has 1 heterocycles. The lowest BCUT2D eigenvalue weighted by atomic mass is 9.47. The summed E-state index contributed by atoms with van der Waals surface area (Å²) < 4.78 is 5.96. The number of carbonyl (C=O) groups excluding carboxylic acids is 1. The molecule has 1 amide bonds. The van der Waals surface area contributed by atoms with Crippen molar-refractivity contribution >= 4 is 23.1 Å². The van der Waals surface area contributed by atoms with Crippen LogP contribution in [0, 0.1) is 34.6 Å². The van der Waals surface area contributed by atoms with E-state index < -0.39 is 5.41 Å². The van der Waals surface area contributed by atoms with E-state index in [9.17, 15) is 10.1 Å². The van der Waals surface area contributed by atoms with Crippen LogP contribution in [0.5, 0.6) is 5.75 Å². The molecule has 0 aliphatic heterocycles. The van der Waals surface area contributed by atoms with Gasteiger partial charge in [0.2, 0.25) is 5.91 Å². The number of primary amides is 1. The molecule has 4 bridgehead atoms. The molecule has 8 heteroatoms. The third-order valence-electron chi connectivity index (χ3n) is 8.22. The fraction of sp³-hybridized carbons (Fsp3) is 0.538. The minimum absolute atomic E-state index is 0.114. The van der Waals surface area contributed by atoms with Gasteiger partial charge in [0, 0.05) is 16.2 Å². The number of nitriles is 1. The maximum absolute atomic E-state index is 12.3. The monoisotopic (exact) mass is 477 g/mol. The summed E-state index contributed by atoms with van der Waals surface area (Å²) in [5, 5.41) is 14.4. The summed E-state index contributed by atoms with van der Waals surface area (Å²) in [5.74, 6) is 2.55. The van der Waals surface area contributed by atoms with Crippen LogP contribution in [-0.4, -0.2) is 22.8 Å². The number of hydrogen-bond acceptors (Lipinski definition) is 6. The molecule has 1 aromatic carbocycles. The lowest BCUT2D eigenvalue weighted by Gasteiger charge is -2.58. The first-order valence-electron chi connectivity index (χ1n) is 11.9. The van der Waals surface area contributed by atoms with Gasteiger partial charge in [-0.1, -0.05) is 12.1 Å². The largest absolute Gasteiger partial charge is 0.487 e. The van der Waals surface area contributed by atoms with Crippen molar-refractivity contribution < 1.29 is 9.53 Å². The molecule has 2 atom stereocenters. The van der Waals surface area contributed by atoms with Crippen LogP contribution in [0.2, 0.25) is 0 Å². The first-order chi connectivity index (χ1) is 16.3. The number of thiazole rings is 1. The number of aliphatic imine (C=N–C) groups is 1. The average molecular weight is 478 g/mol. The predicted octanol–water partition coefficient (Wildman–Crippen LogP) is 4.15. The molecule has 178 valence electrons. The number of nitrogens with one attached hydrogen (secondary N) is 1. The zero-order valence-electron chi connectivity index (χ0n) is 19.7. The molecule has 7 nitrogen and oxygen atoms in total. The van der Waals surface area contributed by atoms with Crippen molar-refractivity contribution in [1.82, 2.24) is 10.3 Å². The van der Waals surface area contributed by atoms with E-state index in [1.807, 2.05) is 29.6 Å². The SMILES string of the molecule is CC(C)(C(=NC1C2CC3CC1CC(C(N)=O)(C3)C2)NC#N)c1cccc(OCc2cscn2)c1. The van der Waals surface area contributed by atoms with Crippen molar-refractivity contribution in [2.24, 2.45) is 33.9 Å². The van der Waals surface area contributed by atoms with Crippen LogP contribution in [0.15, 0.2) is 40.1 Å². The molecule has 3 N–H and O–H groups in total. The molecule has 34 heavy (non-hydrogen) atoms. The normalized spacial score (nSPS) is 30.1. The second-order valence-electron chi connectivity index (χ2n) is 10.7. The van der Waals surface area contributed by atoms with Gasteiger partial charge in [0.15, 0.2) is 6.19 Å². The van der Waals surface area contributed by atoms with Crippen molar-refractivity contribution in [1.29, 1.82) is 5.26 Å². The number of rotatable bonds is 7. The maximum atomic E-state index is 12.3.